The maximum absolute atomic E-state index is 14.0. The van der Waals surface area contributed by atoms with Crippen molar-refractivity contribution in [2.24, 2.45) is 5.92 Å². The van der Waals surface area contributed by atoms with E-state index in [1.807, 2.05) is 42.5 Å². The van der Waals surface area contributed by atoms with Crippen molar-refractivity contribution in [3.8, 4) is 11.4 Å². The predicted octanol–water partition coefficient (Wildman–Crippen LogP) is 7.58. The molecule has 1 atom stereocenters. The van der Waals surface area contributed by atoms with Gasteiger partial charge in [0.25, 0.3) is 0 Å². The number of fused-ring (bicyclic) bond motifs is 1. The zero-order chi connectivity index (χ0) is 22.8. The number of amides is 1. The van der Waals surface area contributed by atoms with Crippen LogP contribution in [-0.2, 0) is 4.79 Å². The number of carbonyl (C=O) groups excluding carboxylic acids is 1. The van der Waals surface area contributed by atoms with Gasteiger partial charge < -0.3 is 9.88 Å². The standard InChI is InChI=1S/C27H31Cl2N3O/c28-20-13-11-19(12-14-20)26-31-23-16-15-21(29)17-24(23)32(26)25(18-7-3-1-4-8-18)27(33)30-22-9-5-2-6-10-22/h11-18,22,25H,1-10H2,(H,30,33). The number of benzene rings is 2. The molecule has 0 radical (unpaired) electrons. The lowest BCUT2D eigenvalue weighted by molar-refractivity contribution is -0.127. The summed E-state index contributed by atoms with van der Waals surface area (Å²) in [5.41, 5.74) is 2.73. The molecule has 3 aromatic rings. The Morgan fingerprint density at radius 2 is 1.52 bits per heavy atom. The number of rotatable bonds is 5. The molecule has 174 valence electrons. The van der Waals surface area contributed by atoms with Crippen molar-refractivity contribution in [3.63, 3.8) is 0 Å². The fourth-order valence-corrected chi connectivity index (χ4v) is 5.97. The van der Waals surface area contributed by atoms with Crippen LogP contribution in [0.5, 0.6) is 0 Å². The minimum atomic E-state index is -0.304. The number of nitrogens with one attached hydrogen (secondary N) is 1. The molecule has 0 spiro atoms. The number of imidazole rings is 1. The number of halogens is 2. The van der Waals surface area contributed by atoms with Gasteiger partial charge in [-0.2, -0.15) is 0 Å². The van der Waals surface area contributed by atoms with Crippen LogP contribution in [0.3, 0.4) is 0 Å². The van der Waals surface area contributed by atoms with Gasteiger partial charge in [0.2, 0.25) is 5.91 Å². The molecule has 5 rings (SSSR count). The lowest BCUT2D eigenvalue weighted by Crippen LogP contribution is -2.43. The summed E-state index contributed by atoms with van der Waals surface area (Å²) >= 11 is 12.6. The van der Waals surface area contributed by atoms with E-state index in [2.05, 4.69) is 9.88 Å². The minimum absolute atomic E-state index is 0.128. The molecular formula is C27H31Cl2N3O. The summed E-state index contributed by atoms with van der Waals surface area (Å²) in [5, 5.41) is 4.77. The normalized spacial score (nSPS) is 19.0. The van der Waals surface area contributed by atoms with Crippen LogP contribution in [0, 0.1) is 5.92 Å². The maximum Gasteiger partial charge on any atom is 0.243 e. The average molecular weight is 484 g/mol. The second kappa shape index (κ2) is 10.1. The van der Waals surface area contributed by atoms with Gasteiger partial charge in [0.15, 0.2) is 0 Å². The second-order valence-electron chi connectivity index (χ2n) is 9.63. The Morgan fingerprint density at radius 3 is 2.21 bits per heavy atom. The van der Waals surface area contributed by atoms with Gasteiger partial charge in [-0.25, -0.2) is 4.98 Å². The Hall–Kier alpha value is -2.04. The zero-order valence-electron chi connectivity index (χ0n) is 18.9. The Kier molecular flexibility index (Phi) is 6.94. The van der Waals surface area contributed by atoms with Gasteiger partial charge in [0.1, 0.15) is 11.9 Å². The molecule has 0 bridgehead atoms. The largest absolute Gasteiger partial charge is 0.352 e. The first-order valence-corrected chi connectivity index (χ1v) is 13.1. The Bertz CT molecular complexity index is 1110. The monoisotopic (exact) mass is 483 g/mol. The van der Waals surface area contributed by atoms with Crippen LogP contribution in [0.1, 0.15) is 70.3 Å². The summed E-state index contributed by atoms with van der Waals surface area (Å²) in [6.07, 6.45) is 11.5. The van der Waals surface area contributed by atoms with E-state index in [-0.39, 0.29) is 23.9 Å². The molecule has 2 aromatic carbocycles. The van der Waals surface area contributed by atoms with Gasteiger partial charge in [0.05, 0.1) is 11.0 Å². The first-order valence-electron chi connectivity index (χ1n) is 12.3. The molecule has 1 heterocycles. The van der Waals surface area contributed by atoms with E-state index in [1.165, 1.54) is 38.5 Å². The van der Waals surface area contributed by atoms with Crippen molar-refractivity contribution in [2.75, 3.05) is 0 Å². The van der Waals surface area contributed by atoms with Crippen LogP contribution in [0.4, 0.5) is 0 Å². The number of hydrogen-bond donors (Lipinski definition) is 1. The fourth-order valence-electron chi connectivity index (χ4n) is 5.68. The highest BCUT2D eigenvalue weighted by Gasteiger charge is 2.35. The number of nitrogens with zero attached hydrogens (tertiary/aromatic N) is 2. The molecule has 4 nitrogen and oxygen atoms in total. The molecule has 2 saturated carbocycles. The molecule has 1 aromatic heterocycles. The number of aromatic nitrogens is 2. The first kappa shape index (κ1) is 22.7. The number of carbonyl (C=O) groups is 1. The summed E-state index contributed by atoms with van der Waals surface area (Å²) in [6.45, 7) is 0. The van der Waals surface area contributed by atoms with Crippen LogP contribution in [-0.4, -0.2) is 21.5 Å². The van der Waals surface area contributed by atoms with E-state index >= 15 is 0 Å². The Morgan fingerprint density at radius 1 is 0.879 bits per heavy atom. The van der Waals surface area contributed by atoms with Crippen molar-refractivity contribution >= 4 is 40.1 Å². The van der Waals surface area contributed by atoms with E-state index in [4.69, 9.17) is 28.2 Å². The molecule has 2 fully saturated rings. The summed E-state index contributed by atoms with van der Waals surface area (Å²) in [6, 6.07) is 13.5. The molecule has 2 aliphatic carbocycles. The fraction of sp³-hybridized carbons (Fsp3) is 0.481. The van der Waals surface area contributed by atoms with Crippen LogP contribution in [0.15, 0.2) is 42.5 Å². The molecular weight excluding hydrogens is 453 g/mol. The lowest BCUT2D eigenvalue weighted by Gasteiger charge is -2.33. The third-order valence-electron chi connectivity index (χ3n) is 7.35. The van der Waals surface area contributed by atoms with Crippen molar-refractivity contribution in [1.82, 2.24) is 14.9 Å². The molecule has 1 unspecified atom stereocenters. The van der Waals surface area contributed by atoms with Gasteiger partial charge in [-0.15, -0.1) is 0 Å². The molecule has 0 saturated heterocycles. The third kappa shape index (κ3) is 4.93. The van der Waals surface area contributed by atoms with E-state index in [0.29, 0.717) is 10.0 Å². The smallest absolute Gasteiger partial charge is 0.243 e. The predicted molar refractivity (Wildman–Crippen MR) is 136 cm³/mol. The van der Waals surface area contributed by atoms with Gasteiger partial charge in [-0.3, -0.25) is 4.79 Å². The topological polar surface area (TPSA) is 46.9 Å². The minimum Gasteiger partial charge on any atom is -0.352 e. The summed E-state index contributed by atoms with van der Waals surface area (Å²) in [4.78, 5) is 18.9. The molecule has 33 heavy (non-hydrogen) atoms. The van der Waals surface area contributed by atoms with Crippen molar-refractivity contribution < 1.29 is 4.79 Å². The van der Waals surface area contributed by atoms with E-state index < -0.39 is 0 Å². The number of hydrogen-bond acceptors (Lipinski definition) is 2. The highest BCUT2D eigenvalue weighted by atomic mass is 35.5. The maximum atomic E-state index is 14.0. The first-order chi connectivity index (χ1) is 16.1. The summed E-state index contributed by atoms with van der Waals surface area (Å²) < 4.78 is 2.17. The van der Waals surface area contributed by atoms with Gasteiger partial charge >= 0.3 is 0 Å². The van der Waals surface area contributed by atoms with E-state index in [0.717, 1.165) is 48.1 Å². The van der Waals surface area contributed by atoms with Crippen molar-refractivity contribution in [3.05, 3.63) is 52.5 Å². The Balaban J connectivity index is 1.63. The lowest BCUT2D eigenvalue weighted by atomic mass is 9.82. The van der Waals surface area contributed by atoms with E-state index in [9.17, 15) is 4.79 Å². The molecule has 0 aliphatic heterocycles. The van der Waals surface area contributed by atoms with Crippen LogP contribution >= 0.6 is 23.2 Å². The van der Waals surface area contributed by atoms with Crippen LogP contribution in [0.2, 0.25) is 10.0 Å². The van der Waals surface area contributed by atoms with E-state index in [1.54, 1.807) is 0 Å². The summed E-state index contributed by atoms with van der Waals surface area (Å²) in [7, 11) is 0. The van der Waals surface area contributed by atoms with Gasteiger partial charge in [-0.05, 0) is 74.1 Å². The van der Waals surface area contributed by atoms with Crippen molar-refractivity contribution in [2.45, 2.75) is 76.3 Å². The molecule has 6 heteroatoms. The molecule has 1 N–H and O–H groups in total. The van der Waals surface area contributed by atoms with Crippen molar-refractivity contribution in [1.29, 1.82) is 0 Å². The SMILES string of the molecule is O=C(NC1CCCCC1)C(C1CCCCC1)n1c(-c2ccc(Cl)cc2)nc2ccc(Cl)cc21. The highest BCUT2D eigenvalue weighted by molar-refractivity contribution is 6.31. The van der Waals surface area contributed by atoms with Crippen LogP contribution < -0.4 is 5.32 Å². The van der Waals surface area contributed by atoms with Gasteiger partial charge in [-0.1, -0.05) is 61.7 Å². The average Bonchev–Trinajstić information content (AvgIpc) is 3.19. The molecule has 2 aliphatic rings. The van der Waals surface area contributed by atoms with Gasteiger partial charge in [0, 0.05) is 21.7 Å². The highest BCUT2D eigenvalue weighted by Crippen LogP contribution is 2.39. The van der Waals surface area contributed by atoms with Crippen LogP contribution in [0.25, 0.3) is 22.4 Å². The zero-order valence-corrected chi connectivity index (χ0v) is 20.4. The second-order valence-corrected chi connectivity index (χ2v) is 10.5. The quantitative estimate of drug-likeness (QED) is 0.406. The summed E-state index contributed by atoms with van der Waals surface area (Å²) in [5.74, 6) is 1.21. The third-order valence-corrected chi connectivity index (χ3v) is 7.84. The molecule has 1 amide bonds. The Labute approximate surface area is 205 Å².